The van der Waals surface area contributed by atoms with E-state index >= 15 is 0 Å². The molecule has 7 nitrogen and oxygen atoms in total. The number of piperazine rings is 1. The summed E-state index contributed by atoms with van der Waals surface area (Å²) in [4.78, 5) is 40.7. The van der Waals surface area contributed by atoms with Gasteiger partial charge in [-0.15, -0.1) is 0 Å². The molecule has 2 heterocycles. The Bertz CT molecular complexity index is 937. The molecular formula is C23H26N4O3. The lowest BCUT2D eigenvalue weighted by Crippen LogP contribution is -2.49. The van der Waals surface area contributed by atoms with E-state index in [1.165, 1.54) is 5.56 Å². The van der Waals surface area contributed by atoms with Crippen LogP contribution in [0.25, 0.3) is 0 Å². The molecule has 0 saturated carbocycles. The van der Waals surface area contributed by atoms with Gasteiger partial charge in [0.2, 0.25) is 0 Å². The monoisotopic (exact) mass is 406 g/mol. The van der Waals surface area contributed by atoms with Crippen LogP contribution in [0.4, 0.5) is 4.79 Å². The molecule has 1 atom stereocenters. The van der Waals surface area contributed by atoms with Gasteiger partial charge in [0.15, 0.2) is 0 Å². The fraction of sp³-hybridized carbons (Fsp3) is 0.348. The molecule has 0 unspecified atom stereocenters. The summed E-state index contributed by atoms with van der Waals surface area (Å²) in [5.41, 5.74) is 1.46. The third-order valence-corrected chi connectivity index (χ3v) is 5.97. The number of carbonyl (C=O) groups excluding carboxylic acids is 3. The van der Waals surface area contributed by atoms with Gasteiger partial charge in [-0.05, 0) is 36.6 Å². The number of hydrogen-bond acceptors (Lipinski definition) is 4. The Kier molecular flexibility index (Phi) is 5.55. The minimum atomic E-state index is -1.11. The molecule has 2 fully saturated rings. The average Bonchev–Trinajstić information content (AvgIpc) is 3.05. The number of hydrogen-bond donors (Lipinski definition) is 2. The molecule has 30 heavy (non-hydrogen) atoms. The van der Waals surface area contributed by atoms with Crippen molar-refractivity contribution in [1.82, 2.24) is 20.4 Å². The Hall–Kier alpha value is -3.19. The van der Waals surface area contributed by atoms with Crippen LogP contribution in [0.3, 0.4) is 0 Å². The van der Waals surface area contributed by atoms with Gasteiger partial charge in [-0.1, -0.05) is 42.5 Å². The van der Waals surface area contributed by atoms with Crippen molar-refractivity contribution < 1.29 is 14.4 Å². The van der Waals surface area contributed by atoms with E-state index in [1.54, 1.807) is 31.2 Å². The molecule has 4 amide bonds. The molecule has 2 aliphatic rings. The van der Waals surface area contributed by atoms with Crippen molar-refractivity contribution in [3.05, 3.63) is 71.3 Å². The number of rotatable bonds is 5. The van der Waals surface area contributed by atoms with Crippen molar-refractivity contribution in [3.8, 4) is 0 Å². The molecule has 0 radical (unpaired) electrons. The average molecular weight is 406 g/mol. The highest BCUT2D eigenvalue weighted by Gasteiger charge is 2.43. The number of nitrogens with zero attached hydrogens (tertiary/aromatic N) is 2. The Morgan fingerprint density at radius 3 is 2.23 bits per heavy atom. The van der Waals surface area contributed by atoms with E-state index in [0.29, 0.717) is 24.2 Å². The molecular weight excluding hydrogens is 380 g/mol. The van der Waals surface area contributed by atoms with Gasteiger partial charge in [0.1, 0.15) is 5.54 Å². The Balaban J connectivity index is 1.32. The lowest BCUT2D eigenvalue weighted by Gasteiger charge is -2.35. The standard InChI is InChI=1S/C23H26N4O3/c1-23(21(29)24-22(30)25-23)19-9-7-18(8-10-19)20(28)27-15-13-26(14-16-27)12-11-17-5-3-2-4-6-17/h2-10H,11-16H2,1H3,(H2,24,25,29,30)/t23-/m0/s1. The molecule has 4 rings (SSSR count). The van der Waals surface area contributed by atoms with Crippen LogP contribution in [0.2, 0.25) is 0 Å². The Morgan fingerprint density at radius 2 is 1.63 bits per heavy atom. The van der Waals surface area contributed by atoms with Gasteiger partial charge in [0.05, 0.1) is 0 Å². The highest BCUT2D eigenvalue weighted by atomic mass is 16.2. The summed E-state index contributed by atoms with van der Waals surface area (Å²) in [6.07, 6.45) is 1.01. The number of nitrogens with one attached hydrogen (secondary N) is 2. The zero-order chi connectivity index (χ0) is 21.1. The lowest BCUT2D eigenvalue weighted by molar-refractivity contribution is -0.123. The second-order valence-corrected chi connectivity index (χ2v) is 7.98. The third-order valence-electron chi connectivity index (χ3n) is 5.97. The first-order valence-electron chi connectivity index (χ1n) is 10.3. The molecule has 0 spiro atoms. The molecule has 2 aliphatic heterocycles. The topological polar surface area (TPSA) is 81.8 Å². The molecule has 2 aromatic carbocycles. The minimum absolute atomic E-state index is 0.00526. The largest absolute Gasteiger partial charge is 0.336 e. The van der Waals surface area contributed by atoms with Crippen LogP contribution in [-0.2, 0) is 16.8 Å². The SMILES string of the molecule is C[C@@]1(c2ccc(C(=O)N3CCN(CCc4ccccc4)CC3)cc2)NC(=O)NC1=O. The fourth-order valence-corrected chi connectivity index (χ4v) is 3.98. The molecule has 2 aromatic rings. The number of carbonyl (C=O) groups is 3. The summed E-state index contributed by atoms with van der Waals surface area (Å²) in [6, 6.07) is 16.8. The van der Waals surface area contributed by atoms with Crippen LogP contribution < -0.4 is 10.6 Å². The van der Waals surface area contributed by atoms with Gasteiger partial charge >= 0.3 is 6.03 Å². The van der Waals surface area contributed by atoms with Crippen molar-refractivity contribution >= 4 is 17.8 Å². The summed E-state index contributed by atoms with van der Waals surface area (Å²) < 4.78 is 0. The minimum Gasteiger partial charge on any atom is -0.336 e. The van der Waals surface area contributed by atoms with Crippen molar-refractivity contribution in [3.63, 3.8) is 0 Å². The first-order chi connectivity index (χ1) is 14.5. The number of urea groups is 1. The molecule has 0 aliphatic carbocycles. The maximum atomic E-state index is 12.9. The van der Waals surface area contributed by atoms with Crippen LogP contribution in [-0.4, -0.2) is 60.4 Å². The maximum Gasteiger partial charge on any atom is 0.322 e. The van der Waals surface area contributed by atoms with E-state index in [9.17, 15) is 14.4 Å². The lowest BCUT2D eigenvalue weighted by atomic mass is 9.91. The Morgan fingerprint density at radius 1 is 0.967 bits per heavy atom. The van der Waals surface area contributed by atoms with E-state index in [4.69, 9.17) is 0 Å². The predicted octanol–water partition coefficient (Wildman–Crippen LogP) is 1.74. The van der Waals surface area contributed by atoms with Crippen LogP contribution in [0.5, 0.6) is 0 Å². The van der Waals surface area contributed by atoms with E-state index in [1.807, 2.05) is 11.0 Å². The van der Waals surface area contributed by atoms with Gasteiger partial charge < -0.3 is 10.2 Å². The van der Waals surface area contributed by atoms with Gasteiger partial charge in [0.25, 0.3) is 11.8 Å². The smallest absolute Gasteiger partial charge is 0.322 e. The van der Waals surface area contributed by atoms with Gasteiger partial charge in [-0.3, -0.25) is 19.8 Å². The fourth-order valence-electron chi connectivity index (χ4n) is 3.98. The molecule has 2 N–H and O–H groups in total. The molecule has 0 bridgehead atoms. The summed E-state index contributed by atoms with van der Waals surface area (Å²) in [5, 5.41) is 4.89. The zero-order valence-electron chi connectivity index (χ0n) is 17.1. The molecule has 2 saturated heterocycles. The molecule has 7 heteroatoms. The number of imide groups is 1. The summed E-state index contributed by atoms with van der Waals surface area (Å²) >= 11 is 0. The second-order valence-electron chi connectivity index (χ2n) is 7.98. The van der Waals surface area contributed by atoms with Gasteiger partial charge in [-0.2, -0.15) is 0 Å². The van der Waals surface area contributed by atoms with Gasteiger partial charge in [-0.25, -0.2) is 4.79 Å². The third kappa shape index (κ3) is 4.07. The highest BCUT2D eigenvalue weighted by molar-refractivity contribution is 6.07. The van der Waals surface area contributed by atoms with Crippen molar-refractivity contribution in [2.75, 3.05) is 32.7 Å². The second kappa shape index (κ2) is 8.28. The zero-order valence-corrected chi connectivity index (χ0v) is 17.1. The summed E-state index contributed by atoms with van der Waals surface area (Å²) in [7, 11) is 0. The first kappa shape index (κ1) is 20.1. The van der Waals surface area contributed by atoms with E-state index in [2.05, 4.69) is 39.8 Å². The van der Waals surface area contributed by atoms with Crippen LogP contribution in [0.15, 0.2) is 54.6 Å². The van der Waals surface area contributed by atoms with Crippen molar-refractivity contribution in [2.45, 2.75) is 18.9 Å². The van der Waals surface area contributed by atoms with E-state index < -0.39 is 17.5 Å². The summed E-state index contributed by atoms with van der Waals surface area (Å²) in [5.74, 6) is -0.396. The van der Waals surface area contributed by atoms with Crippen molar-refractivity contribution in [1.29, 1.82) is 0 Å². The van der Waals surface area contributed by atoms with Crippen LogP contribution in [0, 0.1) is 0 Å². The van der Waals surface area contributed by atoms with Gasteiger partial charge in [0, 0.05) is 38.3 Å². The molecule has 0 aromatic heterocycles. The first-order valence-corrected chi connectivity index (χ1v) is 10.3. The number of amides is 4. The summed E-state index contributed by atoms with van der Waals surface area (Å²) in [6.45, 7) is 5.77. The highest BCUT2D eigenvalue weighted by Crippen LogP contribution is 2.25. The predicted molar refractivity (Wildman–Crippen MR) is 113 cm³/mol. The Labute approximate surface area is 176 Å². The van der Waals surface area contributed by atoms with Crippen LogP contribution in [0.1, 0.15) is 28.4 Å². The van der Waals surface area contributed by atoms with E-state index in [0.717, 1.165) is 26.1 Å². The van der Waals surface area contributed by atoms with Crippen LogP contribution >= 0.6 is 0 Å². The van der Waals surface area contributed by atoms with E-state index in [-0.39, 0.29) is 5.91 Å². The maximum absolute atomic E-state index is 12.9. The molecule has 156 valence electrons. The quantitative estimate of drug-likeness (QED) is 0.741. The normalized spacial score (nSPS) is 22.0. The number of benzene rings is 2. The van der Waals surface area contributed by atoms with Crippen molar-refractivity contribution in [2.24, 2.45) is 0 Å².